The SMILES string of the molecule is COc1ccc(NC(C)=O)cc1NC(=O)c1nn(-c2cccc(C(F)(F)F)c2)c(C)cc1=O. The van der Waals surface area contributed by atoms with Gasteiger partial charge in [0, 0.05) is 24.4 Å². The third-order valence-electron chi connectivity index (χ3n) is 4.51. The van der Waals surface area contributed by atoms with E-state index in [1.54, 1.807) is 6.07 Å². The third-order valence-corrected chi connectivity index (χ3v) is 4.51. The number of methoxy groups -OCH3 is 1. The molecule has 2 aromatic carbocycles. The van der Waals surface area contributed by atoms with Gasteiger partial charge in [0.1, 0.15) is 5.75 Å². The Bertz CT molecular complexity index is 1290. The van der Waals surface area contributed by atoms with E-state index in [4.69, 9.17) is 4.74 Å². The van der Waals surface area contributed by atoms with E-state index < -0.39 is 28.8 Å². The van der Waals surface area contributed by atoms with Crippen molar-refractivity contribution in [3.63, 3.8) is 0 Å². The first-order chi connectivity index (χ1) is 15.5. The number of nitrogens with zero attached hydrogens (tertiary/aromatic N) is 2. The molecule has 2 amide bonds. The summed E-state index contributed by atoms with van der Waals surface area (Å²) in [6.07, 6.45) is -4.57. The first-order valence-electron chi connectivity index (χ1n) is 9.55. The summed E-state index contributed by atoms with van der Waals surface area (Å²) in [6.45, 7) is 2.80. The van der Waals surface area contributed by atoms with E-state index >= 15 is 0 Å². The number of nitrogens with one attached hydrogen (secondary N) is 2. The van der Waals surface area contributed by atoms with E-state index in [0.717, 1.165) is 22.9 Å². The molecule has 0 aliphatic rings. The maximum absolute atomic E-state index is 13.1. The second kappa shape index (κ2) is 9.15. The maximum Gasteiger partial charge on any atom is 0.416 e. The molecule has 0 atom stereocenters. The van der Waals surface area contributed by atoms with E-state index in [-0.39, 0.29) is 28.7 Å². The third kappa shape index (κ3) is 5.37. The Hall–Kier alpha value is -4.15. The molecule has 11 heteroatoms. The van der Waals surface area contributed by atoms with Crippen molar-refractivity contribution >= 4 is 23.2 Å². The second-order valence-corrected chi connectivity index (χ2v) is 7.01. The van der Waals surface area contributed by atoms with Gasteiger partial charge in [-0.25, -0.2) is 4.68 Å². The lowest BCUT2D eigenvalue weighted by Crippen LogP contribution is -2.27. The molecule has 0 aliphatic carbocycles. The number of ether oxygens (including phenoxy) is 1. The fourth-order valence-electron chi connectivity index (χ4n) is 3.05. The van der Waals surface area contributed by atoms with Gasteiger partial charge < -0.3 is 15.4 Å². The van der Waals surface area contributed by atoms with E-state index in [1.807, 2.05) is 0 Å². The average Bonchev–Trinajstić information content (AvgIpc) is 2.73. The van der Waals surface area contributed by atoms with E-state index in [1.165, 1.54) is 45.2 Å². The summed E-state index contributed by atoms with van der Waals surface area (Å²) in [6, 6.07) is 9.95. The number of rotatable bonds is 5. The van der Waals surface area contributed by atoms with Crippen molar-refractivity contribution in [2.24, 2.45) is 0 Å². The Morgan fingerprint density at radius 1 is 1.06 bits per heavy atom. The van der Waals surface area contributed by atoms with Crippen molar-refractivity contribution < 1.29 is 27.5 Å². The molecule has 33 heavy (non-hydrogen) atoms. The largest absolute Gasteiger partial charge is 0.495 e. The average molecular weight is 460 g/mol. The van der Waals surface area contributed by atoms with Crippen molar-refractivity contribution in [2.45, 2.75) is 20.0 Å². The summed E-state index contributed by atoms with van der Waals surface area (Å²) < 4.78 is 45.6. The Balaban J connectivity index is 2.01. The van der Waals surface area contributed by atoms with Crippen LogP contribution in [0.2, 0.25) is 0 Å². The molecule has 0 fully saturated rings. The van der Waals surface area contributed by atoms with Crippen molar-refractivity contribution in [1.82, 2.24) is 9.78 Å². The fraction of sp³-hybridized carbons (Fsp3) is 0.182. The number of aryl methyl sites for hydroxylation is 1. The van der Waals surface area contributed by atoms with Crippen molar-refractivity contribution in [2.75, 3.05) is 17.7 Å². The lowest BCUT2D eigenvalue weighted by molar-refractivity contribution is -0.137. The van der Waals surface area contributed by atoms with Crippen LogP contribution in [0.1, 0.15) is 28.7 Å². The van der Waals surface area contributed by atoms with Gasteiger partial charge in [-0.2, -0.15) is 18.3 Å². The minimum atomic E-state index is -4.57. The van der Waals surface area contributed by atoms with E-state index in [2.05, 4.69) is 15.7 Å². The number of amides is 2. The van der Waals surface area contributed by atoms with Crippen LogP contribution < -0.4 is 20.8 Å². The topological polar surface area (TPSA) is 102 Å². The normalized spacial score (nSPS) is 11.1. The first kappa shape index (κ1) is 23.5. The van der Waals surface area contributed by atoms with Gasteiger partial charge in [-0.15, -0.1) is 0 Å². The smallest absolute Gasteiger partial charge is 0.416 e. The molecule has 0 unspecified atom stereocenters. The molecule has 1 aromatic heterocycles. The summed E-state index contributed by atoms with van der Waals surface area (Å²) >= 11 is 0. The molecule has 3 aromatic rings. The Morgan fingerprint density at radius 3 is 2.42 bits per heavy atom. The van der Waals surface area contributed by atoms with Gasteiger partial charge in [0.2, 0.25) is 11.3 Å². The van der Waals surface area contributed by atoms with Crippen molar-refractivity contribution in [3.05, 3.63) is 75.7 Å². The summed E-state index contributed by atoms with van der Waals surface area (Å²) in [4.78, 5) is 36.6. The Morgan fingerprint density at radius 2 is 1.79 bits per heavy atom. The van der Waals surface area contributed by atoms with Crippen LogP contribution in [0.15, 0.2) is 53.3 Å². The predicted octanol–water partition coefficient (Wildman–Crippen LogP) is 3.78. The number of alkyl halides is 3. The van der Waals surface area contributed by atoms with Crippen LogP contribution in [0.3, 0.4) is 0 Å². The van der Waals surface area contributed by atoms with Gasteiger partial charge in [-0.05, 0) is 43.3 Å². The lowest BCUT2D eigenvalue weighted by Gasteiger charge is -2.15. The van der Waals surface area contributed by atoms with Crippen molar-refractivity contribution in [3.8, 4) is 11.4 Å². The summed E-state index contributed by atoms with van der Waals surface area (Å²) in [7, 11) is 1.37. The second-order valence-electron chi connectivity index (χ2n) is 7.01. The van der Waals surface area contributed by atoms with Gasteiger partial charge in [0.15, 0.2) is 5.69 Å². The zero-order valence-electron chi connectivity index (χ0n) is 17.8. The Labute approximate surface area is 186 Å². The summed E-state index contributed by atoms with van der Waals surface area (Å²) in [5.41, 5.74) is -1.36. The molecule has 0 aliphatic heterocycles. The molecule has 0 bridgehead atoms. The number of halogens is 3. The highest BCUT2D eigenvalue weighted by molar-refractivity contribution is 6.04. The van der Waals surface area contributed by atoms with Crippen molar-refractivity contribution in [1.29, 1.82) is 0 Å². The molecular formula is C22H19F3N4O4. The molecule has 8 nitrogen and oxygen atoms in total. The molecule has 0 spiro atoms. The number of hydrogen-bond acceptors (Lipinski definition) is 5. The van der Waals surface area contributed by atoms with Crippen LogP contribution in [0.4, 0.5) is 24.5 Å². The summed E-state index contributed by atoms with van der Waals surface area (Å²) in [5.74, 6) is -0.983. The van der Waals surface area contributed by atoms with Crippen LogP contribution in [0.5, 0.6) is 5.75 Å². The highest BCUT2D eigenvalue weighted by Crippen LogP contribution is 2.30. The lowest BCUT2D eigenvalue weighted by atomic mass is 10.2. The molecule has 2 N–H and O–H groups in total. The zero-order chi connectivity index (χ0) is 24.3. The minimum Gasteiger partial charge on any atom is -0.495 e. The van der Waals surface area contributed by atoms with Crippen LogP contribution in [0, 0.1) is 6.92 Å². The molecule has 0 saturated heterocycles. The van der Waals surface area contributed by atoms with Crippen LogP contribution in [-0.4, -0.2) is 28.7 Å². The number of carbonyl (C=O) groups excluding carboxylic acids is 2. The fourth-order valence-corrected chi connectivity index (χ4v) is 3.05. The van der Waals surface area contributed by atoms with Gasteiger partial charge in [0.25, 0.3) is 5.91 Å². The van der Waals surface area contributed by atoms with Crippen LogP contribution in [-0.2, 0) is 11.0 Å². The van der Waals surface area contributed by atoms with Gasteiger partial charge in [-0.1, -0.05) is 6.07 Å². The molecule has 1 heterocycles. The van der Waals surface area contributed by atoms with E-state index in [9.17, 15) is 27.6 Å². The Kier molecular flexibility index (Phi) is 6.52. The molecular weight excluding hydrogens is 441 g/mol. The van der Waals surface area contributed by atoms with Gasteiger partial charge in [0.05, 0.1) is 24.0 Å². The standard InChI is InChI=1S/C22H19F3N4O4/c1-12-9-18(31)20(28-29(12)16-6-4-5-14(10-16)22(23,24)25)21(32)27-17-11-15(26-13(2)30)7-8-19(17)33-3/h4-11H,1-3H3,(H,26,30)(H,27,32). The zero-order valence-corrected chi connectivity index (χ0v) is 17.8. The molecule has 3 rings (SSSR count). The number of hydrogen-bond donors (Lipinski definition) is 2. The van der Waals surface area contributed by atoms with Crippen LogP contribution in [0.25, 0.3) is 5.69 Å². The van der Waals surface area contributed by atoms with Crippen LogP contribution >= 0.6 is 0 Å². The number of anilines is 2. The minimum absolute atomic E-state index is 0.0293. The monoisotopic (exact) mass is 460 g/mol. The van der Waals surface area contributed by atoms with E-state index in [0.29, 0.717) is 5.69 Å². The molecule has 172 valence electrons. The summed E-state index contributed by atoms with van der Waals surface area (Å²) in [5, 5.41) is 9.05. The van der Waals surface area contributed by atoms with Gasteiger partial charge >= 0.3 is 6.18 Å². The molecule has 0 saturated carbocycles. The quantitative estimate of drug-likeness (QED) is 0.603. The number of carbonyl (C=O) groups is 2. The maximum atomic E-state index is 13.1. The number of benzene rings is 2. The molecule has 0 radical (unpaired) electrons. The highest BCUT2D eigenvalue weighted by Gasteiger charge is 2.30. The van der Waals surface area contributed by atoms with Gasteiger partial charge in [-0.3, -0.25) is 14.4 Å². The first-order valence-corrected chi connectivity index (χ1v) is 9.55. The predicted molar refractivity (Wildman–Crippen MR) is 115 cm³/mol. The highest BCUT2D eigenvalue weighted by atomic mass is 19.4. The number of aromatic nitrogens is 2.